The minimum Gasteiger partial charge on any atom is -0.444 e. The molecular weight excluding hydrogens is 476 g/mol. The number of amides is 2. The Morgan fingerprint density at radius 1 is 0.868 bits per heavy atom. The Kier molecular flexibility index (Phi) is 7.28. The predicted molar refractivity (Wildman–Crippen MR) is 148 cm³/mol. The number of carbonyl (C=O) groups excluding carboxylic acids is 2. The predicted octanol–water partition coefficient (Wildman–Crippen LogP) is 5.92. The Bertz CT molecular complexity index is 1270. The van der Waals surface area contributed by atoms with E-state index >= 15 is 0 Å². The van der Waals surface area contributed by atoms with E-state index in [-0.39, 0.29) is 17.9 Å². The second-order valence-corrected chi connectivity index (χ2v) is 11.6. The minimum absolute atomic E-state index is 0.0476. The number of benzene rings is 2. The quantitative estimate of drug-likeness (QED) is 0.433. The van der Waals surface area contributed by atoms with E-state index in [1.165, 1.54) is 11.1 Å². The molecule has 2 saturated heterocycles. The summed E-state index contributed by atoms with van der Waals surface area (Å²) in [4.78, 5) is 30.3. The summed E-state index contributed by atoms with van der Waals surface area (Å²) in [6, 6.07) is 18.7. The van der Waals surface area contributed by atoms with Crippen molar-refractivity contribution in [3.8, 4) is 5.69 Å². The molecule has 2 aromatic carbocycles. The number of ether oxygens (including phenoxy) is 1. The zero-order valence-corrected chi connectivity index (χ0v) is 22.9. The molecule has 2 fully saturated rings. The summed E-state index contributed by atoms with van der Waals surface area (Å²) < 4.78 is 7.53. The van der Waals surface area contributed by atoms with Crippen molar-refractivity contribution < 1.29 is 14.3 Å². The molecule has 5 rings (SSSR count). The Labute approximate surface area is 225 Å². The number of carbonyl (C=O) groups is 2. The van der Waals surface area contributed by atoms with Crippen LogP contribution in [0.2, 0.25) is 0 Å². The summed E-state index contributed by atoms with van der Waals surface area (Å²) >= 11 is 0. The highest BCUT2D eigenvalue weighted by atomic mass is 16.6. The molecule has 2 aliphatic heterocycles. The van der Waals surface area contributed by atoms with Crippen molar-refractivity contribution in [3.05, 3.63) is 83.2 Å². The maximum absolute atomic E-state index is 13.9. The molecule has 2 aliphatic rings. The number of nitrogens with zero attached hydrogens (tertiary/aromatic N) is 4. The Morgan fingerprint density at radius 3 is 2.16 bits per heavy atom. The van der Waals surface area contributed by atoms with Crippen molar-refractivity contribution >= 4 is 12.0 Å². The molecule has 3 aromatic rings. The van der Waals surface area contributed by atoms with Crippen LogP contribution in [-0.4, -0.2) is 63.4 Å². The minimum atomic E-state index is -0.523. The zero-order chi connectivity index (χ0) is 26.9. The maximum atomic E-state index is 13.9. The molecule has 3 heterocycles. The van der Waals surface area contributed by atoms with E-state index in [0.717, 1.165) is 43.7 Å². The van der Waals surface area contributed by atoms with Crippen LogP contribution in [0.25, 0.3) is 5.69 Å². The molecule has 0 N–H and O–H groups in total. The van der Waals surface area contributed by atoms with Crippen molar-refractivity contribution in [2.24, 2.45) is 0 Å². The lowest BCUT2D eigenvalue weighted by molar-refractivity contribution is 0.0203. The summed E-state index contributed by atoms with van der Waals surface area (Å²) in [6.45, 7) is 10.4. The maximum Gasteiger partial charge on any atom is 0.410 e. The van der Waals surface area contributed by atoms with Crippen LogP contribution >= 0.6 is 0 Å². The monoisotopic (exact) mass is 514 g/mol. The smallest absolute Gasteiger partial charge is 0.410 e. The van der Waals surface area contributed by atoms with Crippen LogP contribution in [0.5, 0.6) is 0 Å². The molecule has 1 aromatic heterocycles. The lowest BCUT2D eigenvalue weighted by atomic mass is 9.90. The van der Waals surface area contributed by atoms with Crippen LogP contribution in [-0.2, 0) is 4.74 Å². The standard InChI is InChI=1S/C31H38N4O3/c1-22-10-12-26(13-11-22)35-28(24-14-17-33(18-15-24)30(37)38-31(2,3)4)27(20-32-35)29(36)34-19-16-25(21-34)23-8-6-5-7-9-23/h5-13,20,24-25H,14-19,21H2,1-4H3/t25-/m1/s1. The molecule has 7 heteroatoms. The van der Waals surface area contributed by atoms with Gasteiger partial charge in [-0.1, -0.05) is 48.0 Å². The van der Waals surface area contributed by atoms with Crippen molar-refractivity contribution in [1.29, 1.82) is 0 Å². The number of hydrogen-bond acceptors (Lipinski definition) is 4. The number of aryl methyl sites for hydroxylation is 1. The van der Waals surface area contributed by atoms with E-state index in [0.29, 0.717) is 24.6 Å². The Balaban J connectivity index is 1.39. The molecule has 2 amide bonds. The Morgan fingerprint density at radius 2 is 1.50 bits per heavy atom. The highest BCUT2D eigenvalue weighted by Crippen LogP contribution is 2.35. The highest BCUT2D eigenvalue weighted by molar-refractivity contribution is 5.95. The van der Waals surface area contributed by atoms with E-state index in [1.807, 2.05) is 36.4 Å². The van der Waals surface area contributed by atoms with Gasteiger partial charge in [0.15, 0.2) is 0 Å². The van der Waals surface area contributed by atoms with Crippen LogP contribution in [0.4, 0.5) is 4.79 Å². The molecule has 0 radical (unpaired) electrons. The van der Waals surface area contributed by atoms with Gasteiger partial charge in [-0.2, -0.15) is 5.10 Å². The zero-order valence-electron chi connectivity index (χ0n) is 22.9. The summed E-state index contributed by atoms with van der Waals surface area (Å²) in [5, 5.41) is 4.73. The van der Waals surface area contributed by atoms with Gasteiger partial charge in [-0.05, 0) is 64.7 Å². The molecule has 0 bridgehead atoms. The molecule has 0 aliphatic carbocycles. The highest BCUT2D eigenvalue weighted by Gasteiger charge is 2.35. The first-order valence-corrected chi connectivity index (χ1v) is 13.7. The van der Waals surface area contributed by atoms with E-state index in [2.05, 4.69) is 55.5 Å². The first kappa shape index (κ1) is 26.0. The van der Waals surface area contributed by atoms with Gasteiger partial charge in [0.1, 0.15) is 5.60 Å². The molecular formula is C31H38N4O3. The summed E-state index contributed by atoms with van der Waals surface area (Å²) in [7, 11) is 0. The molecule has 38 heavy (non-hydrogen) atoms. The van der Waals surface area contributed by atoms with Gasteiger partial charge >= 0.3 is 6.09 Å². The van der Waals surface area contributed by atoms with Gasteiger partial charge in [-0.3, -0.25) is 4.79 Å². The molecule has 7 nitrogen and oxygen atoms in total. The van der Waals surface area contributed by atoms with Crippen LogP contribution in [0, 0.1) is 6.92 Å². The Hall–Kier alpha value is -3.61. The van der Waals surface area contributed by atoms with Gasteiger partial charge in [-0.25, -0.2) is 9.48 Å². The summed E-state index contributed by atoms with van der Waals surface area (Å²) in [5.41, 5.74) is 4.51. The third kappa shape index (κ3) is 5.62. The fourth-order valence-electron chi connectivity index (χ4n) is 5.58. The first-order chi connectivity index (χ1) is 18.2. The fourth-order valence-corrected chi connectivity index (χ4v) is 5.58. The molecule has 200 valence electrons. The van der Waals surface area contributed by atoms with Gasteiger partial charge < -0.3 is 14.5 Å². The van der Waals surface area contributed by atoms with Crippen LogP contribution in [0.3, 0.4) is 0 Å². The largest absolute Gasteiger partial charge is 0.444 e. The third-order valence-electron chi connectivity index (χ3n) is 7.60. The number of hydrogen-bond donors (Lipinski definition) is 0. The van der Waals surface area contributed by atoms with Gasteiger partial charge in [0.05, 0.1) is 23.1 Å². The second kappa shape index (κ2) is 10.6. The lowest BCUT2D eigenvalue weighted by Gasteiger charge is -2.34. The van der Waals surface area contributed by atoms with Crippen LogP contribution in [0.1, 0.15) is 79.0 Å². The van der Waals surface area contributed by atoms with Gasteiger partial charge in [0.25, 0.3) is 5.91 Å². The number of aromatic nitrogens is 2. The average Bonchev–Trinajstić information content (AvgIpc) is 3.57. The molecule has 0 unspecified atom stereocenters. The van der Waals surface area contributed by atoms with Crippen LogP contribution < -0.4 is 0 Å². The van der Waals surface area contributed by atoms with Gasteiger partial charge in [-0.15, -0.1) is 0 Å². The fraction of sp³-hybridized carbons (Fsp3) is 0.452. The van der Waals surface area contributed by atoms with E-state index in [1.54, 1.807) is 11.1 Å². The van der Waals surface area contributed by atoms with E-state index in [9.17, 15) is 9.59 Å². The van der Waals surface area contributed by atoms with Crippen molar-refractivity contribution in [3.63, 3.8) is 0 Å². The number of likely N-dealkylation sites (tertiary alicyclic amines) is 2. The molecule has 0 saturated carbocycles. The first-order valence-electron chi connectivity index (χ1n) is 13.7. The molecule has 0 spiro atoms. The van der Waals surface area contributed by atoms with Crippen molar-refractivity contribution in [2.45, 2.75) is 64.4 Å². The SMILES string of the molecule is Cc1ccc(-n2ncc(C(=O)N3CC[C@@H](c4ccccc4)C3)c2C2CCN(C(=O)OC(C)(C)C)CC2)cc1. The van der Waals surface area contributed by atoms with E-state index < -0.39 is 5.60 Å². The van der Waals surface area contributed by atoms with Crippen molar-refractivity contribution in [2.75, 3.05) is 26.2 Å². The number of rotatable bonds is 4. The van der Waals surface area contributed by atoms with Gasteiger partial charge in [0.2, 0.25) is 0 Å². The lowest BCUT2D eigenvalue weighted by Crippen LogP contribution is -2.41. The van der Waals surface area contributed by atoms with Crippen molar-refractivity contribution in [1.82, 2.24) is 19.6 Å². The van der Waals surface area contributed by atoms with E-state index in [4.69, 9.17) is 9.84 Å². The third-order valence-corrected chi connectivity index (χ3v) is 7.60. The van der Waals surface area contributed by atoms with Gasteiger partial charge in [0, 0.05) is 38.0 Å². The molecule has 1 atom stereocenters. The summed E-state index contributed by atoms with van der Waals surface area (Å²) in [5.74, 6) is 0.517. The second-order valence-electron chi connectivity index (χ2n) is 11.6. The normalized spacial score (nSPS) is 18.6. The summed E-state index contributed by atoms with van der Waals surface area (Å²) in [6.07, 6.45) is 3.94. The topological polar surface area (TPSA) is 67.7 Å². The van der Waals surface area contributed by atoms with Crippen LogP contribution in [0.15, 0.2) is 60.8 Å². The average molecular weight is 515 g/mol. The number of piperidine rings is 1.